The second kappa shape index (κ2) is 10.9. The number of amides is 1. The Kier molecular flexibility index (Phi) is 7.76. The molecule has 1 saturated carbocycles. The fraction of sp³-hybridized carbons (Fsp3) is 0.333. The largest absolute Gasteiger partial charge is 0.299 e. The van der Waals surface area contributed by atoms with E-state index in [1.54, 1.807) is 6.21 Å². The number of hydrazone groups is 1. The average Bonchev–Trinajstić information content (AvgIpc) is 3.24. The molecule has 3 aromatic rings. The molecule has 4 rings (SSSR count). The second-order valence-electron chi connectivity index (χ2n) is 7.94. The highest BCUT2D eigenvalue weighted by molar-refractivity contribution is 9.10. The van der Waals surface area contributed by atoms with Crippen LogP contribution in [0.15, 0.2) is 63.3 Å². The van der Waals surface area contributed by atoms with E-state index in [9.17, 15) is 4.79 Å². The van der Waals surface area contributed by atoms with E-state index in [1.165, 1.54) is 36.6 Å². The van der Waals surface area contributed by atoms with Crippen molar-refractivity contribution >= 4 is 39.8 Å². The number of carbonyl (C=O) groups excluding carboxylic acids is 1. The summed E-state index contributed by atoms with van der Waals surface area (Å²) >= 11 is 4.88. The van der Waals surface area contributed by atoms with Gasteiger partial charge in [0.1, 0.15) is 0 Å². The molecule has 32 heavy (non-hydrogen) atoms. The molecule has 2 aromatic carbocycles. The van der Waals surface area contributed by atoms with E-state index < -0.39 is 0 Å². The first-order valence-electron chi connectivity index (χ1n) is 10.8. The highest BCUT2D eigenvalue weighted by Crippen LogP contribution is 2.35. The van der Waals surface area contributed by atoms with Crippen LogP contribution in [0.4, 0.5) is 0 Å². The summed E-state index contributed by atoms with van der Waals surface area (Å²) in [6, 6.07) is 16.5. The van der Waals surface area contributed by atoms with Gasteiger partial charge in [0.05, 0.1) is 12.0 Å². The molecular weight excluding hydrogens is 486 g/mol. The molecule has 0 unspecified atom stereocenters. The summed E-state index contributed by atoms with van der Waals surface area (Å²) in [5.41, 5.74) is 5.78. The zero-order chi connectivity index (χ0) is 22.3. The SMILES string of the molecule is Cc1ccc(-c2nnc(SCC(=O)N/N=C\c3ccccc3Br)n2C2CCCCC2)cc1. The highest BCUT2D eigenvalue weighted by Gasteiger charge is 2.24. The minimum absolute atomic E-state index is 0.173. The van der Waals surface area contributed by atoms with Crippen molar-refractivity contribution in [1.82, 2.24) is 20.2 Å². The predicted molar refractivity (Wildman–Crippen MR) is 133 cm³/mol. The maximum absolute atomic E-state index is 12.4. The maximum atomic E-state index is 12.4. The quantitative estimate of drug-likeness (QED) is 0.248. The van der Waals surface area contributed by atoms with Crippen molar-refractivity contribution in [3.8, 4) is 11.4 Å². The third-order valence-electron chi connectivity index (χ3n) is 5.54. The summed E-state index contributed by atoms with van der Waals surface area (Å²) in [7, 11) is 0. The van der Waals surface area contributed by atoms with Crippen LogP contribution in [0.5, 0.6) is 0 Å². The van der Waals surface area contributed by atoms with Crippen LogP contribution in [0.2, 0.25) is 0 Å². The van der Waals surface area contributed by atoms with Gasteiger partial charge < -0.3 is 0 Å². The van der Waals surface area contributed by atoms with Gasteiger partial charge in [-0.2, -0.15) is 5.10 Å². The van der Waals surface area contributed by atoms with Crippen LogP contribution in [0, 0.1) is 6.92 Å². The molecule has 1 aromatic heterocycles. The van der Waals surface area contributed by atoms with Crippen LogP contribution in [0.1, 0.15) is 49.3 Å². The Morgan fingerprint density at radius 1 is 1.16 bits per heavy atom. The molecular formula is C24H26BrN5OS. The normalized spacial score (nSPS) is 14.7. The summed E-state index contributed by atoms with van der Waals surface area (Å²) in [5.74, 6) is 0.937. The molecule has 1 aliphatic carbocycles. The predicted octanol–water partition coefficient (Wildman–Crippen LogP) is 5.76. The fourth-order valence-electron chi connectivity index (χ4n) is 3.86. The molecule has 0 bridgehead atoms. The van der Waals surface area contributed by atoms with Crippen LogP contribution < -0.4 is 5.43 Å². The lowest BCUT2D eigenvalue weighted by Crippen LogP contribution is -2.20. The molecule has 1 aliphatic rings. The van der Waals surface area contributed by atoms with Gasteiger partial charge in [0.15, 0.2) is 11.0 Å². The lowest BCUT2D eigenvalue weighted by atomic mass is 9.95. The number of hydrogen-bond donors (Lipinski definition) is 1. The van der Waals surface area contributed by atoms with Gasteiger partial charge in [0, 0.05) is 21.6 Å². The van der Waals surface area contributed by atoms with Crippen molar-refractivity contribution in [2.45, 2.75) is 50.2 Å². The van der Waals surface area contributed by atoms with E-state index >= 15 is 0 Å². The smallest absolute Gasteiger partial charge is 0.250 e. The monoisotopic (exact) mass is 511 g/mol. The summed E-state index contributed by atoms with van der Waals surface area (Å²) < 4.78 is 3.17. The number of halogens is 1. The summed E-state index contributed by atoms with van der Waals surface area (Å²) in [5, 5.41) is 13.8. The third kappa shape index (κ3) is 5.66. The Hall–Kier alpha value is -2.45. The molecule has 166 valence electrons. The first-order valence-corrected chi connectivity index (χ1v) is 12.6. The minimum Gasteiger partial charge on any atom is -0.299 e. The summed E-state index contributed by atoms with van der Waals surface area (Å²) in [6.45, 7) is 2.08. The Labute approximate surface area is 201 Å². The van der Waals surface area contributed by atoms with Gasteiger partial charge in [-0.1, -0.05) is 95.0 Å². The summed E-state index contributed by atoms with van der Waals surface area (Å²) in [6.07, 6.45) is 7.57. The Bertz CT molecular complexity index is 1090. The van der Waals surface area contributed by atoms with Crippen molar-refractivity contribution in [3.63, 3.8) is 0 Å². The topological polar surface area (TPSA) is 72.2 Å². The highest BCUT2D eigenvalue weighted by atomic mass is 79.9. The number of aryl methyl sites for hydroxylation is 1. The van der Waals surface area contributed by atoms with Gasteiger partial charge in [0.25, 0.3) is 5.91 Å². The van der Waals surface area contributed by atoms with Crippen molar-refractivity contribution in [2.75, 3.05) is 5.75 Å². The number of rotatable bonds is 7. The Balaban J connectivity index is 1.46. The Morgan fingerprint density at radius 3 is 2.66 bits per heavy atom. The molecule has 8 heteroatoms. The maximum Gasteiger partial charge on any atom is 0.250 e. The fourth-order valence-corrected chi connectivity index (χ4v) is 5.04. The number of carbonyl (C=O) groups is 1. The van der Waals surface area contributed by atoms with E-state index in [0.717, 1.165) is 39.4 Å². The molecule has 0 aliphatic heterocycles. The minimum atomic E-state index is -0.173. The number of nitrogens with zero attached hydrogens (tertiary/aromatic N) is 4. The van der Waals surface area contributed by atoms with Gasteiger partial charge >= 0.3 is 0 Å². The molecule has 1 heterocycles. The third-order valence-corrected chi connectivity index (χ3v) is 7.21. The molecule has 6 nitrogen and oxygen atoms in total. The zero-order valence-electron chi connectivity index (χ0n) is 18.0. The van der Waals surface area contributed by atoms with Crippen molar-refractivity contribution < 1.29 is 4.79 Å². The lowest BCUT2D eigenvalue weighted by Gasteiger charge is -2.25. The van der Waals surface area contributed by atoms with Gasteiger partial charge in [-0.25, -0.2) is 5.43 Å². The zero-order valence-corrected chi connectivity index (χ0v) is 20.4. The van der Waals surface area contributed by atoms with Gasteiger partial charge in [-0.3, -0.25) is 9.36 Å². The van der Waals surface area contributed by atoms with E-state index in [2.05, 4.69) is 72.4 Å². The Morgan fingerprint density at radius 2 is 1.91 bits per heavy atom. The van der Waals surface area contributed by atoms with Gasteiger partial charge in [-0.05, 0) is 25.8 Å². The van der Waals surface area contributed by atoms with E-state index in [1.807, 2.05) is 24.3 Å². The standard InChI is InChI=1S/C24H26BrN5OS/c1-17-11-13-18(14-12-17)23-28-29-24(30(23)20-8-3-2-4-9-20)32-16-22(31)27-26-15-19-7-5-6-10-21(19)25/h5-7,10-15,20H,2-4,8-9,16H2,1H3,(H,27,31)/b26-15-. The number of hydrogen-bond acceptors (Lipinski definition) is 5. The first-order chi connectivity index (χ1) is 15.6. The number of benzene rings is 2. The van der Waals surface area contributed by atoms with Crippen molar-refractivity contribution in [2.24, 2.45) is 5.10 Å². The number of aromatic nitrogens is 3. The molecule has 0 radical (unpaired) electrons. The van der Waals surface area contributed by atoms with Crippen LogP contribution in [0.25, 0.3) is 11.4 Å². The van der Waals surface area contributed by atoms with Gasteiger partial charge in [-0.15, -0.1) is 10.2 Å². The van der Waals surface area contributed by atoms with Gasteiger partial charge in [0.2, 0.25) is 0 Å². The molecule has 0 saturated heterocycles. The van der Waals surface area contributed by atoms with E-state index in [0.29, 0.717) is 6.04 Å². The van der Waals surface area contributed by atoms with Crippen LogP contribution in [-0.2, 0) is 4.79 Å². The number of nitrogens with one attached hydrogen (secondary N) is 1. The number of thioether (sulfide) groups is 1. The molecule has 1 amide bonds. The molecule has 1 fully saturated rings. The van der Waals surface area contributed by atoms with Crippen LogP contribution >= 0.6 is 27.7 Å². The van der Waals surface area contributed by atoms with E-state index in [-0.39, 0.29) is 11.7 Å². The molecule has 0 atom stereocenters. The average molecular weight is 512 g/mol. The van der Waals surface area contributed by atoms with Crippen LogP contribution in [0.3, 0.4) is 0 Å². The van der Waals surface area contributed by atoms with Crippen molar-refractivity contribution in [3.05, 3.63) is 64.1 Å². The molecule has 0 spiro atoms. The van der Waals surface area contributed by atoms with Crippen molar-refractivity contribution in [1.29, 1.82) is 0 Å². The second-order valence-corrected chi connectivity index (χ2v) is 9.73. The molecule has 1 N–H and O–H groups in total. The first kappa shape index (κ1) is 22.7. The lowest BCUT2D eigenvalue weighted by molar-refractivity contribution is -0.118. The van der Waals surface area contributed by atoms with Crippen LogP contribution in [-0.4, -0.2) is 32.6 Å². The summed E-state index contributed by atoms with van der Waals surface area (Å²) in [4.78, 5) is 12.4. The van der Waals surface area contributed by atoms with E-state index in [4.69, 9.17) is 0 Å².